The number of carbonyl (C=O) groups is 2. The van der Waals surface area contributed by atoms with Gasteiger partial charge in [0.1, 0.15) is 5.69 Å². The Morgan fingerprint density at radius 2 is 2.14 bits per heavy atom. The van der Waals surface area contributed by atoms with Crippen LogP contribution in [0.3, 0.4) is 0 Å². The van der Waals surface area contributed by atoms with Crippen LogP contribution < -0.4 is 5.32 Å². The van der Waals surface area contributed by atoms with Crippen molar-refractivity contribution >= 4 is 11.8 Å². The SMILES string of the molecule is CCNC(=O)c1nccc2c1CN(Cc1cnc(-n3cccn3)c(C)c1)C2=O. The molecule has 0 unspecified atom stereocenters. The Bertz CT molecular complexity index is 1040. The van der Waals surface area contributed by atoms with Gasteiger partial charge in [0.05, 0.1) is 0 Å². The van der Waals surface area contributed by atoms with Gasteiger partial charge in [-0.15, -0.1) is 0 Å². The van der Waals surface area contributed by atoms with Crippen LogP contribution in [0.1, 0.15) is 44.5 Å². The molecule has 1 aliphatic rings. The number of rotatable bonds is 5. The molecule has 8 nitrogen and oxygen atoms in total. The molecule has 0 aliphatic carbocycles. The standard InChI is InChI=1S/C20H20N6O2/c1-3-21-19(27)17-16-12-25(20(28)15(16)5-7-22-17)11-14-9-13(2)18(23-10-14)26-8-4-6-24-26/h4-10H,3,11-12H2,1-2H3,(H,21,27). The van der Waals surface area contributed by atoms with E-state index in [1.165, 1.54) is 6.20 Å². The van der Waals surface area contributed by atoms with Crippen molar-refractivity contribution in [3.63, 3.8) is 0 Å². The Labute approximate surface area is 162 Å². The normalized spacial score (nSPS) is 12.9. The number of amides is 2. The highest BCUT2D eigenvalue weighted by Gasteiger charge is 2.31. The molecule has 8 heteroatoms. The summed E-state index contributed by atoms with van der Waals surface area (Å²) in [5, 5.41) is 6.95. The largest absolute Gasteiger partial charge is 0.351 e. The second-order valence-electron chi connectivity index (χ2n) is 6.64. The average molecular weight is 376 g/mol. The van der Waals surface area contributed by atoms with Gasteiger partial charge in [0.15, 0.2) is 5.82 Å². The van der Waals surface area contributed by atoms with Crippen LogP contribution in [0.4, 0.5) is 0 Å². The Hall–Kier alpha value is -3.55. The van der Waals surface area contributed by atoms with E-state index in [4.69, 9.17) is 0 Å². The molecule has 0 fully saturated rings. The van der Waals surface area contributed by atoms with E-state index in [-0.39, 0.29) is 11.8 Å². The Morgan fingerprint density at radius 1 is 1.29 bits per heavy atom. The molecule has 0 aromatic carbocycles. The molecule has 1 N–H and O–H groups in total. The van der Waals surface area contributed by atoms with E-state index < -0.39 is 0 Å². The van der Waals surface area contributed by atoms with E-state index in [0.29, 0.717) is 36.5 Å². The number of fused-ring (bicyclic) bond motifs is 1. The zero-order valence-electron chi connectivity index (χ0n) is 15.7. The van der Waals surface area contributed by atoms with Crippen molar-refractivity contribution in [2.45, 2.75) is 26.9 Å². The topological polar surface area (TPSA) is 93.0 Å². The van der Waals surface area contributed by atoms with E-state index >= 15 is 0 Å². The van der Waals surface area contributed by atoms with Crippen LogP contribution in [-0.2, 0) is 13.1 Å². The number of pyridine rings is 2. The predicted molar refractivity (Wildman–Crippen MR) is 102 cm³/mol. The third kappa shape index (κ3) is 3.13. The monoisotopic (exact) mass is 376 g/mol. The van der Waals surface area contributed by atoms with Gasteiger partial charge in [-0.25, -0.2) is 9.67 Å². The summed E-state index contributed by atoms with van der Waals surface area (Å²) >= 11 is 0. The Kier molecular flexibility index (Phi) is 4.60. The third-order valence-electron chi connectivity index (χ3n) is 4.68. The lowest BCUT2D eigenvalue weighted by Gasteiger charge is -2.16. The summed E-state index contributed by atoms with van der Waals surface area (Å²) in [4.78, 5) is 35.4. The molecule has 0 atom stereocenters. The fraction of sp³-hybridized carbons (Fsp3) is 0.250. The molecular weight excluding hydrogens is 356 g/mol. The van der Waals surface area contributed by atoms with Crippen molar-refractivity contribution < 1.29 is 9.59 Å². The molecule has 4 rings (SSSR count). The summed E-state index contributed by atoms with van der Waals surface area (Å²) in [5.41, 5.74) is 3.42. The lowest BCUT2D eigenvalue weighted by molar-refractivity contribution is 0.0765. The summed E-state index contributed by atoms with van der Waals surface area (Å²) in [6.45, 7) is 5.09. The smallest absolute Gasteiger partial charge is 0.270 e. The number of aromatic nitrogens is 4. The minimum Gasteiger partial charge on any atom is -0.351 e. The van der Waals surface area contributed by atoms with Gasteiger partial charge in [-0.2, -0.15) is 5.10 Å². The van der Waals surface area contributed by atoms with Gasteiger partial charge in [0.25, 0.3) is 11.8 Å². The molecule has 2 amide bonds. The highest BCUT2D eigenvalue weighted by atomic mass is 16.2. The number of nitrogens with zero attached hydrogens (tertiary/aromatic N) is 5. The zero-order chi connectivity index (χ0) is 19.7. The fourth-order valence-corrected chi connectivity index (χ4v) is 3.42. The molecule has 4 heterocycles. The maximum Gasteiger partial charge on any atom is 0.270 e. The lowest BCUT2D eigenvalue weighted by atomic mass is 10.1. The highest BCUT2D eigenvalue weighted by Crippen LogP contribution is 2.26. The minimum absolute atomic E-state index is 0.100. The Morgan fingerprint density at radius 3 is 2.86 bits per heavy atom. The molecular formula is C20H20N6O2. The lowest BCUT2D eigenvalue weighted by Crippen LogP contribution is -2.25. The maximum absolute atomic E-state index is 12.8. The second-order valence-corrected chi connectivity index (χ2v) is 6.64. The summed E-state index contributed by atoms with van der Waals surface area (Å²) in [6.07, 6.45) is 6.81. The third-order valence-corrected chi connectivity index (χ3v) is 4.68. The molecule has 142 valence electrons. The summed E-state index contributed by atoms with van der Waals surface area (Å²) in [6, 6.07) is 5.52. The van der Waals surface area contributed by atoms with E-state index in [9.17, 15) is 9.59 Å². The first-order valence-corrected chi connectivity index (χ1v) is 9.09. The van der Waals surface area contributed by atoms with Gasteiger partial charge in [-0.1, -0.05) is 0 Å². The molecule has 0 saturated carbocycles. The number of nitrogens with one attached hydrogen (secondary N) is 1. The molecule has 0 radical (unpaired) electrons. The molecule has 3 aromatic rings. The molecule has 0 spiro atoms. The van der Waals surface area contributed by atoms with Crippen LogP contribution in [-0.4, -0.2) is 43.0 Å². The van der Waals surface area contributed by atoms with E-state index in [0.717, 1.165) is 16.9 Å². The van der Waals surface area contributed by atoms with Crippen molar-refractivity contribution in [3.05, 3.63) is 70.9 Å². The van der Waals surface area contributed by atoms with Gasteiger partial charge in [-0.3, -0.25) is 14.6 Å². The molecule has 1 aliphatic heterocycles. The number of hydrogen-bond acceptors (Lipinski definition) is 5. The van der Waals surface area contributed by atoms with Crippen LogP contribution >= 0.6 is 0 Å². The van der Waals surface area contributed by atoms with Crippen LogP contribution in [0, 0.1) is 6.92 Å². The average Bonchev–Trinajstić information content (AvgIpc) is 3.31. The minimum atomic E-state index is -0.255. The Balaban J connectivity index is 1.57. The van der Waals surface area contributed by atoms with Crippen LogP contribution in [0.25, 0.3) is 5.82 Å². The molecule has 0 bridgehead atoms. The van der Waals surface area contributed by atoms with Gasteiger partial charge < -0.3 is 10.2 Å². The first kappa shape index (κ1) is 17.8. The summed E-state index contributed by atoms with van der Waals surface area (Å²) < 4.78 is 1.71. The molecule has 0 saturated heterocycles. The summed E-state index contributed by atoms with van der Waals surface area (Å²) in [7, 11) is 0. The van der Waals surface area contributed by atoms with Crippen molar-refractivity contribution in [1.82, 2.24) is 30.0 Å². The summed E-state index contributed by atoms with van der Waals surface area (Å²) in [5.74, 6) is 0.402. The highest BCUT2D eigenvalue weighted by molar-refractivity contribution is 6.03. The predicted octanol–water partition coefficient (Wildman–Crippen LogP) is 1.88. The van der Waals surface area contributed by atoms with E-state index in [1.54, 1.807) is 28.0 Å². The maximum atomic E-state index is 12.8. The second kappa shape index (κ2) is 7.22. The van der Waals surface area contributed by atoms with Gasteiger partial charge in [0.2, 0.25) is 0 Å². The number of hydrogen-bond donors (Lipinski definition) is 1. The zero-order valence-corrected chi connectivity index (χ0v) is 15.7. The van der Waals surface area contributed by atoms with Crippen LogP contribution in [0.5, 0.6) is 0 Å². The van der Waals surface area contributed by atoms with Crippen LogP contribution in [0.15, 0.2) is 43.0 Å². The van der Waals surface area contributed by atoms with Crippen molar-refractivity contribution in [2.75, 3.05) is 6.54 Å². The number of carbonyl (C=O) groups excluding carboxylic acids is 2. The van der Waals surface area contributed by atoms with Crippen molar-refractivity contribution in [2.24, 2.45) is 0 Å². The van der Waals surface area contributed by atoms with Gasteiger partial charge in [-0.05, 0) is 43.2 Å². The number of aryl methyl sites for hydroxylation is 1. The first-order chi connectivity index (χ1) is 13.6. The van der Waals surface area contributed by atoms with E-state index in [2.05, 4.69) is 20.4 Å². The van der Waals surface area contributed by atoms with Crippen molar-refractivity contribution in [1.29, 1.82) is 0 Å². The van der Waals surface area contributed by atoms with Gasteiger partial charge in [0, 0.05) is 55.5 Å². The van der Waals surface area contributed by atoms with E-state index in [1.807, 2.05) is 32.2 Å². The van der Waals surface area contributed by atoms with Gasteiger partial charge >= 0.3 is 0 Å². The van der Waals surface area contributed by atoms with Crippen molar-refractivity contribution in [3.8, 4) is 5.82 Å². The van der Waals surface area contributed by atoms with Crippen LogP contribution in [0.2, 0.25) is 0 Å². The fourth-order valence-electron chi connectivity index (χ4n) is 3.42. The molecule has 28 heavy (non-hydrogen) atoms. The first-order valence-electron chi connectivity index (χ1n) is 9.09. The quantitative estimate of drug-likeness (QED) is 0.734. The molecule has 3 aromatic heterocycles.